The fraction of sp³-hybridized carbons (Fsp3) is 0.273. The maximum atomic E-state index is 5.72. The summed E-state index contributed by atoms with van der Waals surface area (Å²) >= 11 is 0. The molecule has 2 aromatic carbocycles. The van der Waals surface area contributed by atoms with Crippen molar-refractivity contribution in [1.29, 1.82) is 0 Å². The molecule has 1 aromatic heterocycles. The van der Waals surface area contributed by atoms with E-state index in [9.17, 15) is 0 Å². The smallest absolute Gasteiger partial charge is 0.224 e. The van der Waals surface area contributed by atoms with Crippen LogP contribution in [0.15, 0.2) is 48.5 Å². The van der Waals surface area contributed by atoms with E-state index in [0.29, 0.717) is 19.1 Å². The predicted molar refractivity (Wildman–Crippen MR) is 113 cm³/mol. The van der Waals surface area contributed by atoms with E-state index in [2.05, 4.69) is 52.6 Å². The molecule has 0 radical (unpaired) electrons. The Labute approximate surface area is 166 Å². The molecule has 0 bridgehead atoms. The van der Waals surface area contributed by atoms with Crippen molar-refractivity contribution in [2.45, 2.75) is 20.8 Å². The molecule has 0 saturated carbocycles. The molecule has 6 heteroatoms. The Morgan fingerprint density at radius 1 is 0.893 bits per heavy atom. The van der Waals surface area contributed by atoms with E-state index in [1.807, 2.05) is 37.3 Å². The third-order valence-corrected chi connectivity index (χ3v) is 4.22. The molecule has 2 N–H and O–H groups in total. The van der Waals surface area contributed by atoms with Gasteiger partial charge in [-0.25, -0.2) is 4.98 Å². The lowest BCUT2D eigenvalue weighted by molar-refractivity contribution is 0.331. The van der Waals surface area contributed by atoms with Crippen LogP contribution in [0.2, 0.25) is 0 Å². The van der Waals surface area contributed by atoms with Gasteiger partial charge in [-0.1, -0.05) is 12.1 Å². The van der Waals surface area contributed by atoms with Gasteiger partial charge in [-0.3, -0.25) is 0 Å². The van der Waals surface area contributed by atoms with E-state index in [0.717, 1.165) is 28.7 Å². The van der Waals surface area contributed by atoms with Crippen molar-refractivity contribution < 1.29 is 9.47 Å². The molecular weight excluding hydrogens is 352 g/mol. The van der Waals surface area contributed by atoms with Crippen molar-refractivity contribution in [3.05, 3.63) is 65.4 Å². The summed E-state index contributed by atoms with van der Waals surface area (Å²) in [6, 6.07) is 15.8. The molecule has 0 fully saturated rings. The summed E-state index contributed by atoms with van der Waals surface area (Å²) < 4.78 is 10.9. The lowest BCUT2D eigenvalue weighted by Crippen LogP contribution is -2.14. The summed E-state index contributed by atoms with van der Waals surface area (Å²) in [5.74, 6) is 2.94. The molecule has 0 atom stereocenters. The first-order valence-corrected chi connectivity index (χ1v) is 9.24. The van der Waals surface area contributed by atoms with Gasteiger partial charge in [0.1, 0.15) is 23.9 Å². The summed E-state index contributed by atoms with van der Waals surface area (Å²) in [7, 11) is 1.64. The quantitative estimate of drug-likeness (QED) is 0.556. The third kappa shape index (κ3) is 5.36. The molecule has 1 heterocycles. The van der Waals surface area contributed by atoms with E-state index in [1.165, 1.54) is 11.1 Å². The lowest BCUT2D eigenvalue weighted by atomic mass is 10.1. The highest BCUT2D eigenvalue weighted by Crippen LogP contribution is 2.22. The number of hydrogen-bond acceptors (Lipinski definition) is 6. The van der Waals surface area contributed by atoms with Gasteiger partial charge in [0.25, 0.3) is 0 Å². The Bertz CT molecular complexity index is 926. The molecule has 3 aromatic rings. The molecule has 0 unspecified atom stereocenters. The number of nitrogens with one attached hydrogen (secondary N) is 2. The van der Waals surface area contributed by atoms with Crippen LogP contribution in [0.3, 0.4) is 0 Å². The minimum Gasteiger partial charge on any atom is -0.497 e. The first kappa shape index (κ1) is 19.5. The van der Waals surface area contributed by atoms with E-state index in [4.69, 9.17) is 9.47 Å². The fourth-order valence-corrected chi connectivity index (χ4v) is 2.72. The molecule has 0 spiro atoms. The molecular formula is C22H26N4O2. The second kappa shape index (κ2) is 9.08. The van der Waals surface area contributed by atoms with Crippen LogP contribution < -0.4 is 20.1 Å². The first-order valence-electron chi connectivity index (χ1n) is 9.24. The van der Waals surface area contributed by atoms with Crippen molar-refractivity contribution in [2.24, 2.45) is 0 Å². The summed E-state index contributed by atoms with van der Waals surface area (Å²) in [6.45, 7) is 7.20. The molecule has 0 aliphatic heterocycles. The van der Waals surface area contributed by atoms with Crippen LogP contribution in [-0.4, -0.2) is 30.2 Å². The van der Waals surface area contributed by atoms with Crippen molar-refractivity contribution in [1.82, 2.24) is 9.97 Å². The Morgan fingerprint density at radius 3 is 2.39 bits per heavy atom. The number of anilines is 3. The number of rotatable bonds is 8. The van der Waals surface area contributed by atoms with Gasteiger partial charge in [-0.05, 0) is 62.2 Å². The Morgan fingerprint density at radius 2 is 1.64 bits per heavy atom. The summed E-state index contributed by atoms with van der Waals surface area (Å²) in [4.78, 5) is 9.01. The standard InChI is InChI=1S/C22H26N4O2/c1-15-5-6-16(2)20(13-15)25-21-14-17(3)24-22(26-21)23-11-12-28-19-9-7-18(27-4)8-10-19/h5-10,13-14H,11-12H2,1-4H3,(H2,23,24,25,26). The third-order valence-electron chi connectivity index (χ3n) is 4.22. The highest BCUT2D eigenvalue weighted by molar-refractivity contribution is 5.62. The number of benzene rings is 2. The van der Waals surface area contributed by atoms with Crippen LogP contribution >= 0.6 is 0 Å². The van der Waals surface area contributed by atoms with Gasteiger partial charge in [0.15, 0.2) is 0 Å². The molecule has 28 heavy (non-hydrogen) atoms. The van der Waals surface area contributed by atoms with Gasteiger partial charge in [-0.2, -0.15) is 4.98 Å². The molecule has 6 nitrogen and oxygen atoms in total. The highest BCUT2D eigenvalue weighted by Gasteiger charge is 2.05. The van der Waals surface area contributed by atoms with Gasteiger partial charge in [0.05, 0.1) is 13.7 Å². The van der Waals surface area contributed by atoms with Crippen LogP contribution in [0.5, 0.6) is 11.5 Å². The molecule has 0 amide bonds. The summed E-state index contributed by atoms with van der Waals surface area (Å²) in [5.41, 5.74) is 4.31. The van der Waals surface area contributed by atoms with Crippen LogP contribution in [0.4, 0.5) is 17.5 Å². The maximum absolute atomic E-state index is 5.72. The summed E-state index contributed by atoms with van der Waals surface area (Å²) in [5, 5.41) is 6.61. The van der Waals surface area contributed by atoms with E-state index in [1.54, 1.807) is 7.11 Å². The minimum atomic E-state index is 0.503. The van der Waals surface area contributed by atoms with Crippen LogP contribution in [-0.2, 0) is 0 Å². The maximum Gasteiger partial charge on any atom is 0.224 e. The number of aromatic nitrogens is 2. The zero-order valence-corrected chi connectivity index (χ0v) is 16.7. The Kier molecular flexibility index (Phi) is 6.32. The lowest BCUT2D eigenvalue weighted by Gasteiger charge is -2.12. The first-order chi connectivity index (χ1) is 13.5. The van der Waals surface area contributed by atoms with Crippen molar-refractivity contribution in [3.63, 3.8) is 0 Å². The second-order valence-electron chi connectivity index (χ2n) is 6.61. The zero-order chi connectivity index (χ0) is 19.9. The van der Waals surface area contributed by atoms with Gasteiger partial charge in [-0.15, -0.1) is 0 Å². The van der Waals surface area contributed by atoms with Crippen molar-refractivity contribution in [2.75, 3.05) is 30.9 Å². The Balaban J connectivity index is 1.57. The molecule has 146 valence electrons. The number of nitrogens with zero attached hydrogens (tertiary/aromatic N) is 2. The van der Waals surface area contributed by atoms with E-state index < -0.39 is 0 Å². The van der Waals surface area contributed by atoms with Crippen LogP contribution in [0.25, 0.3) is 0 Å². The highest BCUT2D eigenvalue weighted by atomic mass is 16.5. The Hall–Kier alpha value is -3.28. The SMILES string of the molecule is COc1ccc(OCCNc2nc(C)cc(Nc3cc(C)ccc3C)n2)cc1. The average Bonchev–Trinajstić information content (AvgIpc) is 2.68. The molecule has 3 rings (SSSR count). The van der Waals surface area contributed by atoms with Crippen LogP contribution in [0.1, 0.15) is 16.8 Å². The number of methoxy groups -OCH3 is 1. The number of hydrogen-bond donors (Lipinski definition) is 2. The van der Waals surface area contributed by atoms with Crippen LogP contribution in [0, 0.1) is 20.8 Å². The van der Waals surface area contributed by atoms with Gasteiger partial charge in [0, 0.05) is 17.4 Å². The molecule has 0 aliphatic rings. The van der Waals surface area contributed by atoms with Crippen molar-refractivity contribution >= 4 is 17.5 Å². The van der Waals surface area contributed by atoms with Crippen molar-refractivity contribution in [3.8, 4) is 11.5 Å². The van der Waals surface area contributed by atoms with E-state index >= 15 is 0 Å². The second-order valence-corrected chi connectivity index (χ2v) is 6.61. The fourth-order valence-electron chi connectivity index (χ4n) is 2.72. The molecule has 0 saturated heterocycles. The number of ether oxygens (including phenoxy) is 2. The normalized spacial score (nSPS) is 10.4. The number of aryl methyl sites for hydroxylation is 3. The van der Waals surface area contributed by atoms with Gasteiger partial charge < -0.3 is 20.1 Å². The zero-order valence-electron chi connectivity index (χ0n) is 16.7. The average molecular weight is 378 g/mol. The van der Waals surface area contributed by atoms with E-state index in [-0.39, 0.29) is 0 Å². The van der Waals surface area contributed by atoms with Gasteiger partial charge in [0.2, 0.25) is 5.95 Å². The predicted octanol–water partition coefficient (Wildman–Crippen LogP) is 4.64. The topological polar surface area (TPSA) is 68.3 Å². The monoisotopic (exact) mass is 378 g/mol. The summed E-state index contributed by atoms with van der Waals surface area (Å²) in [6.07, 6.45) is 0. The van der Waals surface area contributed by atoms with Gasteiger partial charge >= 0.3 is 0 Å². The minimum absolute atomic E-state index is 0.503. The molecule has 0 aliphatic carbocycles. The largest absolute Gasteiger partial charge is 0.497 e.